The highest BCUT2D eigenvalue weighted by Crippen LogP contribution is 2.29. The molecule has 1 rings (SSSR count). The molecular formula is C14H13F3N2S. The number of benzene rings is 1. The second-order valence-electron chi connectivity index (χ2n) is 3.76. The van der Waals surface area contributed by atoms with E-state index in [9.17, 15) is 13.2 Å². The zero-order valence-corrected chi connectivity index (χ0v) is 11.4. The maximum atomic E-state index is 12.4. The Morgan fingerprint density at radius 1 is 1.25 bits per heavy atom. The Labute approximate surface area is 120 Å². The molecule has 0 atom stereocenters. The van der Waals surface area contributed by atoms with Gasteiger partial charge in [0, 0.05) is 11.8 Å². The predicted molar refractivity (Wildman–Crippen MR) is 79.0 cm³/mol. The Balaban J connectivity index is 2.71. The second kappa shape index (κ2) is 7.00. The van der Waals surface area contributed by atoms with Gasteiger partial charge in [0.15, 0.2) is 0 Å². The van der Waals surface area contributed by atoms with Crippen molar-refractivity contribution in [3.63, 3.8) is 0 Å². The van der Waals surface area contributed by atoms with Gasteiger partial charge >= 0.3 is 6.18 Å². The number of nitrogens with one attached hydrogen (secondary N) is 1. The molecule has 0 saturated heterocycles. The first-order chi connectivity index (χ1) is 9.38. The molecule has 106 valence electrons. The lowest BCUT2D eigenvalue weighted by molar-refractivity contribution is -0.137. The van der Waals surface area contributed by atoms with Crippen LogP contribution in [0.5, 0.6) is 0 Å². The van der Waals surface area contributed by atoms with Crippen LogP contribution in [0.15, 0.2) is 54.7 Å². The molecule has 0 aromatic heterocycles. The fraction of sp³-hybridized carbons (Fsp3) is 0.143. The van der Waals surface area contributed by atoms with Gasteiger partial charge in [-0.1, -0.05) is 37.5 Å². The van der Waals surface area contributed by atoms with Gasteiger partial charge in [0.1, 0.15) is 4.99 Å². The summed E-state index contributed by atoms with van der Waals surface area (Å²) in [5.41, 5.74) is 0.438. The number of hydrogen-bond donors (Lipinski definition) is 1. The minimum absolute atomic E-state index is 0.329. The summed E-state index contributed by atoms with van der Waals surface area (Å²) < 4.78 is 37.3. The van der Waals surface area contributed by atoms with Crippen LogP contribution in [0, 0.1) is 0 Å². The number of rotatable bonds is 5. The maximum Gasteiger partial charge on any atom is 0.416 e. The van der Waals surface area contributed by atoms with Crippen LogP contribution < -0.4 is 5.32 Å². The van der Waals surface area contributed by atoms with Crippen molar-refractivity contribution in [2.75, 3.05) is 6.54 Å². The largest absolute Gasteiger partial charge is 0.416 e. The van der Waals surface area contributed by atoms with Crippen molar-refractivity contribution in [3.05, 3.63) is 60.8 Å². The molecule has 0 spiro atoms. The summed E-state index contributed by atoms with van der Waals surface area (Å²) in [6.45, 7) is 7.37. The first-order valence-corrected chi connectivity index (χ1v) is 6.04. The van der Waals surface area contributed by atoms with Crippen molar-refractivity contribution in [1.82, 2.24) is 5.32 Å². The molecule has 6 heteroatoms. The monoisotopic (exact) mass is 298 g/mol. The number of aliphatic imine (C=N–C) groups is 1. The van der Waals surface area contributed by atoms with Gasteiger partial charge in [0.05, 0.1) is 17.8 Å². The molecular weight excluding hydrogens is 285 g/mol. The van der Waals surface area contributed by atoms with Crippen LogP contribution in [0.4, 0.5) is 13.2 Å². The van der Waals surface area contributed by atoms with Crippen LogP contribution in [0.25, 0.3) is 0 Å². The predicted octanol–water partition coefficient (Wildman–Crippen LogP) is 3.74. The average Bonchev–Trinajstić information content (AvgIpc) is 2.42. The third-order valence-corrected chi connectivity index (χ3v) is 2.78. The Bertz CT molecular complexity index is 530. The van der Waals surface area contributed by atoms with Gasteiger partial charge in [-0.05, 0) is 18.2 Å². The van der Waals surface area contributed by atoms with Gasteiger partial charge in [-0.25, -0.2) is 0 Å². The van der Waals surface area contributed by atoms with E-state index in [-0.39, 0.29) is 0 Å². The summed E-state index contributed by atoms with van der Waals surface area (Å²) in [5.74, 6) is 0. The summed E-state index contributed by atoms with van der Waals surface area (Å²) in [4.78, 5) is 4.29. The van der Waals surface area contributed by atoms with E-state index in [0.717, 1.165) is 12.1 Å². The molecule has 1 N–H and O–H groups in total. The van der Waals surface area contributed by atoms with Gasteiger partial charge in [-0.15, -0.1) is 0 Å². The highest BCUT2D eigenvalue weighted by molar-refractivity contribution is 7.80. The zero-order valence-electron chi connectivity index (χ0n) is 10.6. The molecule has 0 bridgehead atoms. The van der Waals surface area contributed by atoms with Crippen LogP contribution in [0.2, 0.25) is 0 Å². The highest BCUT2D eigenvalue weighted by Gasteiger charge is 2.30. The standard InChI is InChI=1S/C14H13F3N2S/c1-3-12(18-4-2)9-19-13(20)10-5-7-11(8-6-10)14(15,16)17/h3-8H,1-2,9H2,(H,19,20). The van der Waals surface area contributed by atoms with Crippen LogP contribution in [-0.2, 0) is 6.18 Å². The van der Waals surface area contributed by atoms with E-state index in [1.54, 1.807) is 6.08 Å². The van der Waals surface area contributed by atoms with E-state index in [1.807, 2.05) is 0 Å². The van der Waals surface area contributed by atoms with Crippen molar-refractivity contribution in [1.29, 1.82) is 0 Å². The lowest BCUT2D eigenvalue weighted by Gasteiger charge is -2.10. The van der Waals surface area contributed by atoms with Gasteiger partial charge in [-0.2, -0.15) is 13.2 Å². The lowest BCUT2D eigenvalue weighted by atomic mass is 10.1. The third-order valence-electron chi connectivity index (χ3n) is 2.40. The van der Waals surface area contributed by atoms with E-state index in [0.29, 0.717) is 22.8 Å². The van der Waals surface area contributed by atoms with E-state index in [1.165, 1.54) is 18.3 Å². The van der Waals surface area contributed by atoms with Crippen LogP contribution >= 0.6 is 12.2 Å². The van der Waals surface area contributed by atoms with Gasteiger partial charge in [0.2, 0.25) is 0 Å². The molecule has 2 nitrogen and oxygen atoms in total. The molecule has 0 heterocycles. The van der Waals surface area contributed by atoms with Gasteiger partial charge in [-0.3, -0.25) is 4.99 Å². The number of halogens is 3. The average molecular weight is 298 g/mol. The van der Waals surface area contributed by atoms with Crippen LogP contribution in [0.1, 0.15) is 11.1 Å². The van der Waals surface area contributed by atoms with E-state index < -0.39 is 11.7 Å². The molecule has 0 unspecified atom stereocenters. The molecule has 1 aromatic carbocycles. The smallest absolute Gasteiger partial charge is 0.370 e. The normalized spacial score (nSPS) is 11.8. The Morgan fingerprint density at radius 2 is 1.85 bits per heavy atom. The topological polar surface area (TPSA) is 24.4 Å². The molecule has 0 aliphatic carbocycles. The Morgan fingerprint density at radius 3 is 2.30 bits per heavy atom. The molecule has 0 aliphatic heterocycles. The summed E-state index contributed by atoms with van der Waals surface area (Å²) in [5, 5.41) is 2.89. The van der Waals surface area contributed by atoms with Crippen molar-refractivity contribution >= 4 is 22.9 Å². The minimum Gasteiger partial charge on any atom is -0.370 e. The summed E-state index contributed by atoms with van der Waals surface area (Å²) in [7, 11) is 0. The quantitative estimate of drug-likeness (QED) is 0.661. The zero-order chi connectivity index (χ0) is 15.2. The van der Waals surface area contributed by atoms with Crippen LogP contribution in [0.3, 0.4) is 0 Å². The van der Waals surface area contributed by atoms with E-state index in [4.69, 9.17) is 12.2 Å². The molecule has 20 heavy (non-hydrogen) atoms. The van der Waals surface area contributed by atoms with Gasteiger partial charge in [0.25, 0.3) is 0 Å². The van der Waals surface area contributed by atoms with Crippen molar-refractivity contribution < 1.29 is 13.2 Å². The third kappa shape index (κ3) is 4.62. The number of nitrogens with zero attached hydrogens (tertiary/aromatic N) is 1. The lowest BCUT2D eigenvalue weighted by Crippen LogP contribution is -2.27. The Hall–Kier alpha value is -1.95. The minimum atomic E-state index is -4.35. The van der Waals surface area contributed by atoms with E-state index in [2.05, 4.69) is 23.5 Å². The number of thiocarbonyl (C=S) groups is 1. The molecule has 0 amide bonds. The van der Waals surface area contributed by atoms with Crippen LogP contribution in [-0.4, -0.2) is 17.2 Å². The fourth-order valence-electron chi connectivity index (χ4n) is 1.37. The molecule has 0 fully saturated rings. The van der Waals surface area contributed by atoms with Gasteiger partial charge < -0.3 is 5.32 Å². The van der Waals surface area contributed by atoms with Crippen molar-refractivity contribution in [2.24, 2.45) is 4.99 Å². The highest BCUT2D eigenvalue weighted by atomic mass is 32.1. The second-order valence-corrected chi connectivity index (χ2v) is 4.17. The summed E-state index contributed by atoms with van der Waals surface area (Å²) in [6.07, 6.45) is -1.43. The number of alkyl halides is 3. The Kier molecular flexibility index (Phi) is 5.64. The first-order valence-electron chi connectivity index (χ1n) is 5.64. The number of hydrogen-bond acceptors (Lipinski definition) is 2. The SMILES string of the molecule is C=CN=C(C=C)CNC(=S)c1ccc(C(F)(F)F)cc1. The molecule has 1 aromatic rings. The summed E-state index contributed by atoms with van der Waals surface area (Å²) in [6, 6.07) is 4.65. The van der Waals surface area contributed by atoms with Crippen molar-refractivity contribution in [3.8, 4) is 0 Å². The fourth-order valence-corrected chi connectivity index (χ4v) is 1.58. The maximum absolute atomic E-state index is 12.4. The molecule has 0 saturated carbocycles. The summed E-state index contributed by atoms with van der Waals surface area (Å²) >= 11 is 5.10. The van der Waals surface area contributed by atoms with Crippen molar-refractivity contribution in [2.45, 2.75) is 6.18 Å². The molecule has 0 radical (unpaired) electrons. The molecule has 0 aliphatic rings. The first kappa shape index (κ1) is 16.1. The van der Waals surface area contributed by atoms with E-state index >= 15 is 0 Å².